The van der Waals surface area contributed by atoms with Crippen LogP contribution in [0, 0.1) is 5.82 Å². The SMILES string of the molecule is CC(N)=CC(=Nc1cccc(Cl)c1)c1nn(-c2ccc(-n3nccc3OC(F)F)cc2F)ccc1=O. The second kappa shape index (κ2) is 10.5. The monoisotopic (exact) mass is 514 g/mol. The summed E-state index contributed by atoms with van der Waals surface area (Å²) in [7, 11) is 0. The van der Waals surface area contributed by atoms with Crippen LogP contribution in [0.1, 0.15) is 12.6 Å². The van der Waals surface area contributed by atoms with Crippen molar-refractivity contribution in [2.45, 2.75) is 13.5 Å². The lowest BCUT2D eigenvalue weighted by Crippen LogP contribution is -2.21. The molecule has 0 saturated carbocycles. The molecule has 0 amide bonds. The predicted octanol–water partition coefficient (Wildman–Crippen LogP) is 4.80. The number of aromatic nitrogens is 4. The van der Waals surface area contributed by atoms with Crippen LogP contribution in [0.5, 0.6) is 5.88 Å². The highest BCUT2D eigenvalue weighted by Gasteiger charge is 2.16. The first-order valence-electron chi connectivity index (χ1n) is 10.4. The average Bonchev–Trinajstić information content (AvgIpc) is 3.26. The number of benzene rings is 2. The van der Waals surface area contributed by atoms with Crippen LogP contribution in [0.15, 0.2) is 88.6 Å². The number of allylic oxidation sites excluding steroid dienone is 2. The van der Waals surface area contributed by atoms with Crippen molar-refractivity contribution in [1.29, 1.82) is 0 Å². The number of hydrogen-bond donors (Lipinski definition) is 1. The molecule has 0 fully saturated rings. The largest absolute Gasteiger partial charge is 0.417 e. The molecule has 8 nitrogen and oxygen atoms in total. The number of ether oxygens (including phenoxy) is 1. The molecule has 0 unspecified atom stereocenters. The van der Waals surface area contributed by atoms with E-state index >= 15 is 4.39 Å². The van der Waals surface area contributed by atoms with Gasteiger partial charge in [0.05, 0.1) is 23.3 Å². The summed E-state index contributed by atoms with van der Waals surface area (Å²) in [5.74, 6) is -1.02. The van der Waals surface area contributed by atoms with Crippen molar-refractivity contribution < 1.29 is 17.9 Å². The lowest BCUT2D eigenvalue weighted by molar-refractivity contribution is -0.0544. The van der Waals surface area contributed by atoms with Gasteiger partial charge < -0.3 is 10.5 Å². The molecule has 36 heavy (non-hydrogen) atoms. The van der Waals surface area contributed by atoms with Gasteiger partial charge in [0.1, 0.15) is 5.69 Å². The molecule has 12 heteroatoms. The van der Waals surface area contributed by atoms with Gasteiger partial charge in [-0.15, -0.1) is 0 Å². The van der Waals surface area contributed by atoms with Crippen LogP contribution in [0.2, 0.25) is 5.02 Å². The maximum Gasteiger partial charge on any atom is 0.388 e. The smallest absolute Gasteiger partial charge is 0.388 e. The minimum Gasteiger partial charge on any atom is -0.417 e. The second-order valence-electron chi connectivity index (χ2n) is 7.43. The molecule has 0 saturated heterocycles. The van der Waals surface area contributed by atoms with Gasteiger partial charge in [0.25, 0.3) is 0 Å². The van der Waals surface area contributed by atoms with E-state index in [1.54, 1.807) is 31.2 Å². The number of aliphatic imine (C=N–C) groups is 1. The van der Waals surface area contributed by atoms with E-state index in [2.05, 4.69) is 19.9 Å². The Hall–Kier alpha value is -4.38. The standard InChI is InChI=1S/C24H18ClF3N6O2/c1-14(29)11-19(31-16-4-2-3-15(25)12-16)23-21(35)8-10-33(32-23)20-6-5-17(13-18(20)26)34-22(7-9-30-34)36-24(27)28/h2-13,24H,29H2,1H3. The van der Waals surface area contributed by atoms with Crippen molar-refractivity contribution in [3.8, 4) is 17.3 Å². The fourth-order valence-corrected chi connectivity index (χ4v) is 3.44. The summed E-state index contributed by atoms with van der Waals surface area (Å²) in [4.78, 5) is 17.1. The summed E-state index contributed by atoms with van der Waals surface area (Å²) < 4.78 is 46.9. The Kier molecular flexibility index (Phi) is 7.20. The molecule has 0 radical (unpaired) electrons. The van der Waals surface area contributed by atoms with Crippen LogP contribution < -0.4 is 15.9 Å². The summed E-state index contributed by atoms with van der Waals surface area (Å²) in [5, 5.41) is 8.62. The van der Waals surface area contributed by atoms with E-state index in [0.29, 0.717) is 16.4 Å². The summed E-state index contributed by atoms with van der Waals surface area (Å²) in [6.07, 6.45) is 4.00. The normalized spacial score (nSPS) is 12.3. The van der Waals surface area contributed by atoms with Crippen LogP contribution in [0.3, 0.4) is 0 Å². The minimum atomic E-state index is -3.07. The minimum absolute atomic E-state index is 0.0148. The van der Waals surface area contributed by atoms with Gasteiger partial charge >= 0.3 is 6.61 Å². The molecule has 0 bridgehead atoms. The van der Waals surface area contributed by atoms with Crippen LogP contribution in [-0.2, 0) is 0 Å². The number of nitrogens with zero attached hydrogens (tertiary/aromatic N) is 5. The highest BCUT2D eigenvalue weighted by Crippen LogP contribution is 2.23. The number of nitrogens with two attached hydrogens (primary N) is 1. The lowest BCUT2D eigenvalue weighted by Gasteiger charge is -2.12. The molecular formula is C24H18ClF3N6O2. The van der Waals surface area contributed by atoms with E-state index in [1.165, 1.54) is 42.7 Å². The maximum absolute atomic E-state index is 15.1. The van der Waals surface area contributed by atoms with Gasteiger partial charge in [0.2, 0.25) is 11.3 Å². The molecule has 0 atom stereocenters. The van der Waals surface area contributed by atoms with Crippen molar-refractivity contribution in [2.24, 2.45) is 10.7 Å². The first kappa shape index (κ1) is 24.7. The van der Waals surface area contributed by atoms with Crippen molar-refractivity contribution in [2.75, 3.05) is 0 Å². The van der Waals surface area contributed by atoms with Gasteiger partial charge in [0.15, 0.2) is 11.5 Å². The fourth-order valence-electron chi connectivity index (χ4n) is 3.25. The third-order valence-corrected chi connectivity index (χ3v) is 4.95. The zero-order valence-corrected chi connectivity index (χ0v) is 19.4. The second-order valence-corrected chi connectivity index (χ2v) is 7.87. The van der Waals surface area contributed by atoms with E-state index in [9.17, 15) is 13.6 Å². The summed E-state index contributed by atoms with van der Waals surface area (Å²) in [5.41, 5.74) is 6.40. The number of halogens is 4. The quantitative estimate of drug-likeness (QED) is 0.357. The van der Waals surface area contributed by atoms with E-state index in [-0.39, 0.29) is 28.7 Å². The molecule has 0 aliphatic rings. The van der Waals surface area contributed by atoms with E-state index in [0.717, 1.165) is 15.4 Å². The Morgan fingerprint density at radius 1 is 1.19 bits per heavy atom. The molecule has 2 heterocycles. The third kappa shape index (κ3) is 5.63. The zero-order chi connectivity index (χ0) is 25.8. The molecule has 184 valence electrons. The summed E-state index contributed by atoms with van der Waals surface area (Å²) >= 11 is 6.03. The Labute approximate surface area is 207 Å². The van der Waals surface area contributed by atoms with Crippen LogP contribution >= 0.6 is 11.6 Å². The molecule has 2 aromatic heterocycles. The van der Waals surface area contributed by atoms with Crippen molar-refractivity contribution in [1.82, 2.24) is 19.6 Å². The van der Waals surface area contributed by atoms with Gasteiger partial charge in [-0.2, -0.15) is 19.0 Å². The van der Waals surface area contributed by atoms with Crippen molar-refractivity contribution in [3.05, 3.63) is 106 Å². The highest BCUT2D eigenvalue weighted by molar-refractivity contribution is 6.30. The van der Waals surface area contributed by atoms with Gasteiger partial charge in [-0.25, -0.2) is 18.7 Å². The van der Waals surface area contributed by atoms with Crippen LogP contribution in [0.25, 0.3) is 11.4 Å². The Morgan fingerprint density at radius 3 is 2.69 bits per heavy atom. The summed E-state index contributed by atoms with van der Waals surface area (Å²) in [6, 6.07) is 13.0. The molecule has 0 aliphatic carbocycles. The van der Waals surface area contributed by atoms with Gasteiger partial charge in [-0.05, 0) is 43.3 Å². The Bertz CT molecular complexity index is 1530. The Morgan fingerprint density at radius 2 is 2.00 bits per heavy atom. The predicted molar refractivity (Wildman–Crippen MR) is 129 cm³/mol. The third-order valence-electron chi connectivity index (χ3n) is 4.71. The van der Waals surface area contributed by atoms with E-state index in [4.69, 9.17) is 17.3 Å². The van der Waals surface area contributed by atoms with E-state index in [1.807, 2.05) is 0 Å². The fraction of sp³-hybridized carbons (Fsp3) is 0.0833. The topological polar surface area (TPSA) is 100 Å². The number of alkyl halides is 2. The summed E-state index contributed by atoms with van der Waals surface area (Å²) in [6.45, 7) is -1.45. The Balaban J connectivity index is 1.76. The van der Waals surface area contributed by atoms with Crippen molar-refractivity contribution in [3.63, 3.8) is 0 Å². The maximum atomic E-state index is 15.1. The average molecular weight is 515 g/mol. The number of rotatable bonds is 7. The molecule has 4 aromatic rings. The first-order valence-corrected chi connectivity index (χ1v) is 10.8. The highest BCUT2D eigenvalue weighted by atomic mass is 35.5. The van der Waals surface area contributed by atoms with Gasteiger partial charge in [-0.3, -0.25) is 4.79 Å². The molecule has 4 rings (SSSR count). The van der Waals surface area contributed by atoms with Crippen LogP contribution in [0.4, 0.5) is 18.9 Å². The molecular weight excluding hydrogens is 497 g/mol. The van der Waals surface area contributed by atoms with Gasteiger partial charge in [-0.1, -0.05) is 17.7 Å². The zero-order valence-electron chi connectivity index (χ0n) is 18.6. The van der Waals surface area contributed by atoms with Crippen molar-refractivity contribution >= 4 is 23.0 Å². The first-order chi connectivity index (χ1) is 17.2. The lowest BCUT2D eigenvalue weighted by atomic mass is 10.2. The van der Waals surface area contributed by atoms with E-state index < -0.39 is 17.9 Å². The molecule has 0 aliphatic heterocycles. The van der Waals surface area contributed by atoms with Gasteiger partial charge in [0, 0.05) is 35.1 Å². The molecule has 0 spiro atoms. The number of hydrogen-bond acceptors (Lipinski definition) is 6. The molecule has 2 N–H and O–H groups in total. The van der Waals surface area contributed by atoms with Crippen LogP contribution in [-0.4, -0.2) is 31.9 Å². The molecule has 2 aromatic carbocycles.